The summed E-state index contributed by atoms with van der Waals surface area (Å²) in [5.41, 5.74) is 2.86. The Morgan fingerprint density at radius 3 is 2.37 bits per heavy atom. The molecule has 152 valence electrons. The van der Waals surface area contributed by atoms with Crippen LogP contribution in [-0.2, 0) is 15.6 Å². The van der Waals surface area contributed by atoms with E-state index in [9.17, 15) is 9.00 Å². The lowest BCUT2D eigenvalue weighted by Crippen LogP contribution is -2.10. The van der Waals surface area contributed by atoms with E-state index in [1.54, 1.807) is 42.7 Å². The molecule has 1 unspecified atom stereocenters. The summed E-state index contributed by atoms with van der Waals surface area (Å²) in [5.74, 6) is 5.20. The number of halogens is 2. The molecule has 0 bridgehead atoms. The molecular formula is C23H16Cl2O4S. The molecule has 0 spiro atoms. The van der Waals surface area contributed by atoms with Gasteiger partial charge in [0.15, 0.2) is 6.61 Å². The molecule has 4 nitrogen and oxygen atoms in total. The van der Waals surface area contributed by atoms with E-state index in [2.05, 4.69) is 11.8 Å². The molecule has 0 aliphatic rings. The zero-order valence-corrected chi connectivity index (χ0v) is 18.1. The standard InChI is InChI=1S/C23H16Cl2O4S/c1-30(28)22-12-15(3-10-20(22)16-5-7-18(24)8-6-16)2-4-17-13-19(25)9-11-21(17)29-14-23(26)27/h3,5-13H,14H2,1H3,(H,26,27). The van der Waals surface area contributed by atoms with Gasteiger partial charge in [-0.15, -0.1) is 0 Å². The molecule has 30 heavy (non-hydrogen) atoms. The molecule has 1 atom stereocenters. The van der Waals surface area contributed by atoms with Gasteiger partial charge in [-0.1, -0.05) is 53.2 Å². The molecular weight excluding hydrogens is 443 g/mol. The highest BCUT2D eigenvalue weighted by molar-refractivity contribution is 7.84. The summed E-state index contributed by atoms with van der Waals surface area (Å²) in [6.07, 6.45) is 1.61. The number of hydrogen-bond acceptors (Lipinski definition) is 3. The summed E-state index contributed by atoms with van der Waals surface area (Å²) in [6.45, 7) is -0.481. The Balaban J connectivity index is 1.98. The zero-order valence-electron chi connectivity index (χ0n) is 15.8. The molecule has 7 heteroatoms. The van der Waals surface area contributed by atoms with Gasteiger partial charge < -0.3 is 9.84 Å². The number of carboxylic acids is 1. The van der Waals surface area contributed by atoms with Gasteiger partial charge in [0.1, 0.15) is 5.75 Å². The van der Waals surface area contributed by atoms with Crippen LogP contribution in [0.1, 0.15) is 11.1 Å². The Hall–Kier alpha value is -2.78. The quantitative estimate of drug-likeness (QED) is 0.529. The molecule has 0 aliphatic carbocycles. The van der Waals surface area contributed by atoms with Gasteiger partial charge in [0.2, 0.25) is 0 Å². The van der Waals surface area contributed by atoms with Gasteiger partial charge in [-0.2, -0.15) is 0 Å². The maximum Gasteiger partial charge on any atom is 0.341 e. The van der Waals surface area contributed by atoms with E-state index >= 15 is 0 Å². The average Bonchev–Trinajstić information content (AvgIpc) is 2.72. The SMILES string of the molecule is CS(=O)c1cc(C#Cc2cc(Cl)ccc2OCC(=O)O)ccc1-c1ccc(Cl)cc1. The number of aliphatic carboxylic acids is 1. The highest BCUT2D eigenvalue weighted by Crippen LogP contribution is 2.28. The first-order chi connectivity index (χ1) is 14.3. The number of carboxylic acid groups (broad SMARTS) is 1. The molecule has 0 heterocycles. The van der Waals surface area contributed by atoms with E-state index in [-0.39, 0.29) is 0 Å². The molecule has 0 saturated carbocycles. The van der Waals surface area contributed by atoms with Crippen LogP contribution in [0.15, 0.2) is 65.6 Å². The highest BCUT2D eigenvalue weighted by Gasteiger charge is 2.10. The van der Waals surface area contributed by atoms with E-state index in [0.717, 1.165) is 11.1 Å². The summed E-state index contributed by atoms with van der Waals surface area (Å²) in [6, 6.07) is 17.6. The topological polar surface area (TPSA) is 63.6 Å². The van der Waals surface area contributed by atoms with Crippen LogP contribution in [0.3, 0.4) is 0 Å². The number of benzene rings is 3. The van der Waals surface area contributed by atoms with Gasteiger partial charge in [-0.25, -0.2) is 4.79 Å². The van der Waals surface area contributed by atoms with E-state index in [4.69, 9.17) is 33.0 Å². The van der Waals surface area contributed by atoms with E-state index in [1.165, 1.54) is 0 Å². The van der Waals surface area contributed by atoms with Crippen molar-refractivity contribution in [2.45, 2.75) is 4.90 Å². The van der Waals surface area contributed by atoms with E-state index in [1.807, 2.05) is 24.3 Å². The average molecular weight is 459 g/mol. The van der Waals surface area contributed by atoms with Crippen molar-refractivity contribution >= 4 is 40.0 Å². The Bertz CT molecular complexity index is 1180. The second kappa shape index (κ2) is 9.82. The minimum Gasteiger partial charge on any atom is -0.481 e. The molecule has 0 amide bonds. The molecule has 0 saturated heterocycles. The molecule has 0 radical (unpaired) electrons. The monoisotopic (exact) mass is 458 g/mol. The second-order valence-corrected chi connectivity index (χ2v) is 8.47. The van der Waals surface area contributed by atoms with Crippen LogP contribution in [0.5, 0.6) is 5.75 Å². The number of carbonyl (C=O) groups is 1. The Morgan fingerprint density at radius 1 is 1.00 bits per heavy atom. The minimum absolute atomic E-state index is 0.325. The summed E-state index contributed by atoms with van der Waals surface area (Å²) in [4.78, 5) is 11.4. The van der Waals surface area contributed by atoms with Gasteiger partial charge in [-0.05, 0) is 53.6 Å². The van der Waals surface area contributed by atoms with Crippen molar-refractivity contribution in [3.63, 3.8) is 0 Å². The lowest BCUT2D eigenvalue weighted by atomic mass is 10.0. The third-order valence-electron chi connectivity index (χ3n) is 4.08. The minimum atomic E-state index is -1.23. The van der Waals surface area contributed by atoms with Crippen molar-refractivity contribution < 1.29 is 18.8 Å². The van der Waals surface area contributed by atoms with Crippen molar-refractivity contribution in [2.75, 3.05) is 12.9 Å². The molecule has 1 N–H and O–H groups in total. The van der Waals surface area contributed by atoms with Gasteiger partial charge in [0.05, 0.1) is 16.4 Å². The third kappa shape index (κ3) is 5.64. The Labute approximate surface area is 186 Å². The first-order valence-electron chi connectivity index (χ1n) is 8.73. The maximum absolute atomic E-state index is 12.3. The van der Waals surface area contributed by atoms with Gasteiger partial charge >= 0.3 is 5.97 Å². The smallest absolute Gasteiger partial charge is 0.341 e. The third-order valence-corrected chi connectivity index (χ3v) is 5.53. The predicted molar refractivity (Wildman–Crippen MR) is 120 cm³/mol. The Kier molecular flexibility index (Phi) is 7.17. The number of rotatable bonds is 5. The largest absolute Gasteiger partial charge is 0.481 e. The zero-order chi connectivity index (χ0) is 21.7. The van der Waals surface area contributed by atoms with Crippen LogP contribution in [0, 0.1) is 11.8 Å². The van der Waals surface area contributed by atoms with Crippen LogP contribution < -0.4 is 4.74 Å². The van der Waals surface area contributed by atoms with Crippen LogP contribution in [0.25, 0.3) is 11.1 Å². The van der Waals surface area contributed by atoms with Crippen molar-refractivity contribution in [3.8, 4) is 28.7 Å². The normalized spacial score (nSPS) is 11.3. The van der Waals surface area contributed by atoms with Crippen molar-refractivity contribution in [1.82, 2.24) is 0 Å². The number of hydrogen-bond donors (Lipinski definition) is 1. The second-order valence-electron chi connectivity index (χ2n) is 6.24. The molecule has 3 aromatic rings. The summed E-state index contributed by atoms with van der Waals surface area (Å²) < 4.78 is 17.6. The van der Waals surface area contributed by atoms with Gasteiger partial charge in [0, 0.05) is 26.8 Å². The lowest BCUT2D eigenvalue weighted by molar-refractivity contribution is -0.139. The van der Waals surface area contributed by atoms with Crippen LogP contribution in [0.4, 0.5) is 0 Å². The lowest BCUT2D eigenvalue weighted by Gasteiger charge is -2.09. The fourth-order valence-corrected chi connectivity index (χ4v) is 3.80. The first kappa shape index (κ1) is 21.9. The van der Waals surface area contributed by atoms with Crippen molar-refractivity contribution in [3.05, 3.63) is 81.8 Å². The molecule has 3 rings (SSSR count). The molecule has 3 aromatic carbocycles. The van der Waals surface area contributed by atoms with Crippen LogP contribution >= 0.6 is 23.2 Å². The van der Waals surface area contributed by atoms with Gasteiger partial charge in [-0.3, -0.25) is 4.21 Å². The fourth-order valence-electron chi connectivity index (χ4n) is 2.71. The maximum atomic E-state index is 12.3. The summed E-state index contributed by atoms with van der Waals surface area (Å²) in [7, 11) is -1.23. The van der Waals surface area contributed by atoms with Crippen molar-refractivity contribution in [1.29, 1.82) is 0 Å². The predicted octanol–water partition coefficient (Wildman–Crippen LogP) is 5.26. The van der Waals surface area contributed by atoms with E-state index < -0.39 is 23.4 Å². The van der Waals surface area contributed by atoms with Gasteiger partial charge in [0.25, 0.3) is 0 Å². The Morgan fingerprint density at radius 2 is 1.70 bits per heavy atom. The molecule has 0 aromatic heterocycles. The van der Waals surface area contributed by atoms with Crippen molar-refractivity contribution in [2.24, 2.45) is 0 Å². The highest BCUT2D eigenvalue weighted by atomic mass is 35.5. The van der Waals surface area contributed by atoms with Crippen LogP contribution in [0.2, 0.25) is 10.0 Å². The molecule has 0 aliphatic heterocycles. The van der Waals surface area contributed by atoms with E-state index in [0.29, 0.717) is 31.8 Å². The van der Waals surface area contributed by atoms with Crippen LogP contribution in [-0.4, -0.2) is 28.1 Å². The number of ether oxygens (including phenoxy) is 1. The fraction of sp³-hybridized carbons (Fsp3) is 0.0870. The summed E-state index contributed by atoms with van der Waals surface area (Å²) in [5, 5.41) is 9.90. The first-order valence-corrected chi connectivity index (χ1v) is 11.0. The summed E-state index contributed by atoms with van der Waals surface area (Å²) >= 11 is 12.0. The molecule has 0 fully saturated rings.